The fraction of sp³-hybridized carbons (Fsp3) is 0.667. The summed E-state index contributed by atoms with van der Waals surface area (Å²) in [5.74, 6) is 1.82. The molecule has 1 aromatic heterocycles. The van der Waals surface area contributed by atoms with Gasteiger partial charge in [0.25, 0.3) is 0 Å². The molecule has 94 valence electrons. The van der Waals surface area contributed by atoms with Crippen molar-refractivity contribution in [2.75, 3.05) is 17.8 Å². The van der Waals surface area contributed by atoms with E-state index in [1.54, 1.807) is 12.3 Å². The third-order valence-electron chi connectivity index (χ3n) is 3.03. The van der Waals surface area contributed by atoms with E-state index in [4.69, 9.17) is 16.3 Å². The van der Waals surface area contributed by atoms with Crippen LogP contribution in [0.3, 0.4) is 0 Å². The molecule has 1 saturated carbocycles. The molecule has 0 radical (unpaired) electrons. The van der Waals surface area contributed by atoms with Crippen molar-refractivity contribution >= 4 is 17.5 Å². The van der Waals surface area contributed by atoms with Crippen LogP contribution in [-0.4, -0.2) is 28.0 Å². The number of aromatic nitrogens is 2. The molecule has 1 heterocycles. The zero-order valence-corrected chi connectivity index (χ0v) is 10.8. The molecule has 1 aromatic rings. The first-order valence-electron chi connectivity index (χ1n) is 6.08. The quantitative estimate of drug-likeness (QED) is 0.794. The van der Waals surface area contributed by atoms with Gasteiger partial charge in [0.05, 0.1) is 12.1 Å². The summed E-state index contributed by atoms with van der Waals surface area (Å²) in [4.78, 5) is 8.52. The van der Waals surface area contributed by atoms with Crippen LogP contribution in [0.1, 0.15) is 32.6 Å². The normalized spacial score (nSPS) is 17.3. The van der Waals surface area contributed by atoms with E-state index in [-0.39, 0.29) is 5.54 Å². The van der Waals surface area contributed by atoms with Crippen LogP contribution in [0, 0.1) is 0 Å². The summed E-state index contributed by atoms with van der Waals surface area (Å²) in [6.45, 7) is 2.74. The molecule has 4 nitrogen and oxygen atoms in total. The van der Waals surface area contributed by atoms with Crippen molar-refractivity contribution in [3.05, 3.63) is 12.3 Å². The third-order valence-corrected chi connectivity index (χ3v) is 3.54. The van der Waals surface area contributed by atoms with Gasteiger partial charge in [-0.05, 0) is 25.7 Å². The Kier molecular flexibility index (Phi) is 4.05. The molecule has 0 spiro atoms. The molecule has 17 heavy (non-hydrogen) atoms. The van der Waals surface area contributed by atoms with Crippen molar-refractivity contribution in [2.24, 2.45) is 0 Å². The molecule has 0 atom stereocenters. The Morgan fingerprint density at radius 2 is 2.35 bits per heavy atom. The zero-order chi connectivity index (χ0) is 12.1. The van der Waals surface area contributed by atoms with Crippen molar-refractivity contribution < 1.29 is 4.74 Å². The van der Waals surface area contributed by atoms with Gasteiger partial charge >= 0.3 is 0 Å². The highest BCUT2D eigenvalue weighted by Gasteiger charge is 2.36. The summed E-state index contributed by atoms with van der Waals surface area (Å²) in [6.07, 6.45) is 6.06. The maximum Gasteiger partial charge on any atom is 0.226 e. The van der Waals surface area contributed by atoms with E-state index < -0.39 is 0 Å². The lowest BCUT2D eigenvalue weighted by atomic mass is 9.78. The summed E-state index contributed by atoms with van der Waals surface area (Å²) in [6, 6.07) is 1.77. The average molecular weight is 256 g/mol. The fourth-order valence-corrected chi connectivity index (χ4v) is 2.16. The molecular formula is C12H18ClN3O. The highest BCUT2D eigenvalue weighted by atomic mass is 35.5. The topological polar surface area (TPSA) is 47.0 Å². The van der Waals surface area contributed by atoms with Crippen molar-refractivity contribution in [3.8, 4) is 5.88 Å². The molecule has 0 saturated heterocycles. The van der Waals surface area contributed by atoms with Crippen LogP contribution in [0.15, 0.2) is 12.3 Å². The van der Waals surface area contributed by atoms with Crippen LogP contribution >= 0.6 is 11.6 Å². The van der Waals surface area contributed by atoms with Crippen molar-refractivity contribution in [1.29, 1.82) is 0 Å². The second-order valence-corrected chi connectivity index (χ2v) is 4.73. The second-order valence-electron chi connectivity index (χ2n) is 4.46. The number of halogens is 1. The molecule has 5 heteroatoms. The number of alkyl halides is 1. The number of ether oxygens (including phenoxy) is 1. The first-order chi connectivity index (χ1) is 8.28. The van der Waals surface area contributed by atoms with Crippen LogP contribution in [-0.2, 0) is 0 Å². The van der Waals surface area contributed by atoms with Crippen LogP contribution in [0.4, 0.5) is 5.95 Å². The van der Waals surface area contributed by atoms with Gasteiger partial charge in [0, 0.05) is 18.1 Å². The van der Waals surface area contributed by atoms with Crippen LogP contribution < -0.4 is 10.1 Å². The maximum atomic E-state index is 5.98. The summed E-state index contributed by atoms with van der Waals surface area (Å²) in [7, 11) is 0. The standard InChI is InChI=1S/C12H18ClN3O/c1-2-8-17-10-4-7-14-11(15-10)16-12(9-13)5-3-6-12/h4,7H,2-3,5-6,8-9H2,1H3,(H,14,15,16). The lowest BCUT2D eigenvalue weighted by Gasteiger charge is -2.40. The average Bonchev–Trinajstić information content (AvgIpc) is 2.32. The summed E-state index contributed by atoms with van der Waals surface area (Å²) < 4.78 is 5.47. The van der Waals surface area contributed by atoms with Crippen LogP contribution in [0.5, 0.6) is 5.88 Å². The minimum Gasteiger partial charge on any atom is -0.478 e. The second kappa shape index (κ2) is 5.54. The Balaban J connectivity index is 2.00. The van der Waals surface area contributed by atoms with Gasteiger partial charge in [-0.25, -0.2) is 4.98 Å². The lowest BCUT2D eigenvalue weighted by Crippen LogP contribution is -2.47. The Morgan fingerprint density at radius 1 is 1.53 bits per heavy atom. The van der Waals surface area contributed by atoms with Gasteiger partial charge < -0.3 is 10.1 Å². The predicted octanol–water partition coefficient (Wildman–Crippen LogP) is 2.84. The van der Waals surface area contributed by atoms with Crippen LogP contribution in [0.2, 0.25) is 0 Å². The molecule has 0 bridgehead atoms. The first-order valence-corrected chi connectivity index (χ1v) is 6.61. The smallest absolute Gasteiger partial charge is 0.226 e. The molecule has 0 aromatic carbocycles. The molecular weight excluding hydrogens is 238 g/mol. The molecule has 2 rings (SSSR count). The molecule has 0 unspecified atom stereocenters. The molecule has 1 N–H and O–H groups in total. The summed E-state index contributed by atoms with van der Waals surface area (Å²) in [5.41, 5.74) is -0.00899. The van der Waals surface area contributed by atoms with E-state index in [1.165, 1.54) is 6.42 Å². The molecule has 1 aliphatic carbocycles. The van der Waals surface area contributed by atoms with Crippen molar-refractivity contribution in [1.82, 2.24) is 9.97 Å². The Labute approximate surface area is 107 Å². The first kappa shape index (κ1) is 12.4. The fourth-order valence-electron chi connectivity index (χ4n) is 1.82. The number of hydrogen-bond donors (Lipinski definition) is 1. The minimum absolute atomic E-state index is 0.00899. The molecule has 0 aliphatic heterocycles. The minimum atomic E-state index is -0.00899. The van der Waals surface area contributed by atoms with Crippen LogP contribution in [0.25, 0.3) is 0 Å². The van der Waals surface area contributed by atoms with Gasteiger partial charge in [-0.1, -0.05) is 6.92 Å². The van der Waals surface area contributed by atoms with E-state index in [0.717, 1.165) is 19.3 Å². The Hall–Kier alpha value is -1.03. The monoisotopic (exact) mass is 255 g/mol. The van der Waals surface area contributed by atoms with Gasteiger partial charge in [0.1, 0.15) is 0 Å². The highest BCUT2D eigenvalue weighted by Crippen LogP contribution is 2.35. The van der Waals surface area contributed by atoms with Crippen molar-refractivity contribution in [2.45, 2.75) is 38.1 Å². The number of rotatable bonds is 6. The third kappa shape index (κ3) is 3.00. The largest absolute Gasteiger partial charge is 0.478 e. The molecule has 1 fully saturated rings. The van der Waals surface area contributed by atoms with Gasteiger partial charge in [0.2, 0.25) is 11.8 Å². The SMILES string of the molecule is CCCOc1ccnc(NC2(CCl)CCC2)n1. The van der Waals surface area contributed by atoms with Gasteiger partial charge in [-0.2, -0.15) is 4.98 Å². The zero-order valence-electron chi connectivity index (χ0n) is 10.1. The molecule has 0 amide bonds. The lowest BCUT2D eigenvalue weighted by molar-refractivity contribution is 0.299. The predicted molar refractivity (Wildman–Crippen MR) is 68.7 cm³/mol. The number of nitrogens with zero attached hydrogens (tertiary/aromatic N) is 2. The van der Waals surface area contributed by atoms with Gasteiger partial charge in [0.15, 0.2) is 0 Å². The number of hydrogen-bond acceptors (Lipinski definition) is 4. The highest BCUT2D eigenvalue weighted by molar-refractivity contribution is 6.18. The van der Waals surface area contributed by atoms with Gasteiger partial charge in [-0.3, -0.25) is 0 Å². The Bertz CT molecular complexity index is 363. The van der Waals surface area contributed by atoms with E-state index in [9.17, 15) is 0 Å². The summed E-state index contributed by atoms with van der Waals surface area (Å²) >= 11 is 5.98. The Morgan fingerprint density at radius 3 is 2.94 bits per heavy atom. The maximum absolute atomic E-state index is 5.98. The molecule has 1 aliphatic rings. The number of anilines is 1. The number of nitrogens with one attached hydrogen (secondary N) is 1. The van der Waals surface area contributed by atoms with Gasteiger partial charge in [-0.15, -0.1) is 11.6 Å². The van der Waals surface area contributed by atoms with E-state index >= 15 is 0 Å². The van der Waals surface area contributed by atoms with E-state index in [0.29, 0.717) is 24.3 Å². The van der Waals surface area contributed by atoms with E-state index in [2.05, 4.69) is 22.2 Å². The van der Waals surface area contributed by atoms with Crippen molar-refractivity contribution in [3.63, 3.8) is 0 Å². The van der Waals surface area contributed by atoms with E-state index in [1.807, 2.05) is 0 Å². The summed E-state index contributed by atoms with van der Waals surface area (Å²) in [5, 5.41) is 3.32.